The number of hydrogen-bond donors (Lipinski definition) is 0. The topological polar surface area (TPSA) is 37.4 Å². The highest BCUT2D eigenvalue weighted by Crippen LogP contribution is 2.26. The Bertz CT molecular complexity index is 542. The molecule has 0 aromatic heterocycles. The number of benzene rings is 1. The van der Waals surface area contributed by atoms with Gasteiger partial charge in [0.15, 0.2) is 9.84 Å². The van der Waals surface area contributed by atoms with E-state index in [4.69, 9.17) is 0 Å². The van der Waals surface area contributed by atoms with Gasteiger partial charge >= 0.3 is 0 Å². The molecule has 3 nitrogen and oxygen atoms in total. The van der Waals surface area contributed by atoms with E-state index in [1.54, 1.807) is 12.1 Å². The number of rotatable bonds is 5. The Hall–Kier alpha value is -0.550. The molecule has 0 spiro atoms. The standard InChI is InChI=1S/C16H24BrNO2S/c1-2-12-21(19,20)16-9-7-14(8-10-16)18-11-5-3-4-6-15(18)13-17/h7-10,15H,2-6,11-13H2,1H3. The summed E-state index contributed by atoms with van der Waals surface area (Å²) in [6, 6.07) is 7.95. The van der Waals surface area contributed by atoms with Gasteiger partial charge in [-0.3, -0.25) is 0 Å². The smallest absolute Gasteiger partial charge is 0.178 e. The van der Waals surface area contributed by atoms with Crippen LogP contribution in [0.5, 0.6) is 0 Å². The molecule has 0 radical (unpaired) electrons. The van der Waals surface area contributed by atoms with Gasteiger partial charge in [-0.05, 0) is 43.5 Å². The molecule has 0 bridgehead atoms. The number of nitrogens with zero attached hydrogens (tertiary/aromatic N) is 1. The van der Waals surface area contributed by atoms with E-state index >= 15 is 0 Å². The molecule has 0 amide bonds. The Morgan fingerprint density at radius 3 is 2.52 bits per heavy atom. The third-order valence-electron chi connectivity index (χ3n) is 4.06. The SMILES string of the molecule is CCCS(=O)(=O)c1ccc(N2CCCCCC2CBr)cc1. The molecular weight excluding hydrogens is 350 g/mol. The molecule has 0 aliphatic carbocycles. The lowest BCUT2D eigenvalue weighted by Crippen LogP contribution is -2.36. The van der Waals surface area contributed by atoms with Crippen LogP contribution in [0.15, 0.2) is 29.2 Å². The Morgan fingerprint density at radius 1 is 1.19 bits per heavy atom. The van der Waals surface area contributed by atoms with Crippen LogP contribution in [0.3, 0.4) is 0 Å². The van der Waals surface area contributed by atoms with E-state index in [2.05, 4.69) is 20.8 Å². The maximum absolute atomic E-state index is 12.1. The highest BCUT2D eigenvalue weighted by atomic mass is 79.9. The third-order valence-corrected chi connectivity index (χ3v) is 6.74. The van der Waals surface area contributed by atoms with Crippen molar-refractivity contribution in [2.24, 2.45) is 0 Å². The maximum Gasteiger partial charge on any atom is 0.178 e. The fraction of sp³-hybridized carbons (Fsp3) is 0.625. The minimum atomic E-state index is -3.11. The largest absolute Gasteiger partial charge is 0.368 e. The van der Waals surface area contributed by atoms with Crippen LogP contribution in [0.4, 0.5) is 5.69 Å². The molecule has 0 saturated carbocycles. The van der Waals surface area contributed by atoms with Crippen LogP contribution < -0.4 is 4.90 Å². The first-order valence-electron chi connectivity index (χ1n) is 7.74. The minimum Gasteiger partial charge on any atom is -0.368 e. The molecule has 1 aromatic carbocycles. The molecule has 0 N–H and O–H groups in total. The van der Waals surface area contributed by atoms with Gasteiger partial charge in [-0.15, -0.1) is 0 Å². The molecule has 1 unspecified atom stereocenters. The highest BCUT2D eigenvalue weighted by Gasteiger charge is 2.21. The van der Waals surface area contributed by atoms with Gasteiger partial charge in [-0.25, -0.2) is 8.42 Å². The predicted octanol–water partition coefficient (Wildman–Crippen LogP) is 4.01. The molecule has 2 rings (SSSR count). The molecule has 1 heterocycles. The first-order chi connectivity index (χ1) is 10.1. The molecule has 1 atom stereocenters. The van der Waals surface area contributed by atoms with E-state index in [1.807, 2.05) is 19.1 Å². The molecule has 1 fully saturated rings. The van der Waals surface area contributed by atoms with E-state index < -0.39 is 9.84 Å². The summed E-state index contributed by atoms with van der Waals surface area (Å²) in [7, 11) is -3.11. The van der Waals surface area contributed by atoms with E-state index in [9.17, 15) is 8.42 Å². The van der Waals surface area contributed by atoms with Gasteiger partial charge in [-0.2, -0.15) is 0 Å². The van der Waals surface area contributed by atoms with Crippen molar-refractivity contribution in [3.05, 3.63) is 24.3 Å². The average molecular weight is 374 g/mol. The van der Waals surface area contributed by atoms with Crippen molar-refractivity contribution in [3.63, 3.8) is 0 Å². The Kier molecular flexibility index (Phi) is 6.11. The molecule has 5 heteroatoms. The second-order valence-corrected chi connectivity index (χ2v) is 8.42. The lowest BCUT2D eigenvalue weighted by molar-refractivity contribution is 0.594. The number of hydrogen-bond acceptors (Lipinski definition) is 3. The van der Waals surface area contributed by atoms with Gasteiger partial charge in [-0.1, -0.05) is 35.7 Å². The van der Waals surface area contributed by atoms with Crippen LogP contribution >= 0.6 is 15.9 Å². The van der Waals surface area contributed by atoms with Crippen LogP contribution in [-0.2, 0) is 9.84 Å². The van der Waals surface area contributed by atoms with Crippen molar-refractivity contribution in [2.45, 2.75) is 50.0 Å². The molecule has 1 aliphatic rings. The normalized spacial score (nSPS) is 20.3. The van der Waals surface area contributed by atoms with Gasteiger partial charge in [0.05, 0.1) is 10.6 Å². The zero-order valence-corrected chi connectivity index (χ0v) is 15.0. The summed E-state index contributed by atoms with van der Waals surface area (Å²) in [5.74, 6) is 0.222. The molecule has 21 heavy (non-hydrogen) atoms. The van der Waals surface area contributed by atoms with E-state index in [-0.39, 0.29) is 5.75 Å². The van der Waals surface area contributed by atoms with E-state index in [0.29, 0.717) is 17.4 Å². The second kappa shape index (κ2) is 7.63. The summed E-state index contributed by atoms with van der Waals surface area (Å²) in [5, 5.41) is 0.961. The predicted molar refractivity (Wildman–Crippen MR) is 92.2 cm³/mol. The number of halogens is 1. The van der Waals surface area contributed by atoms with Gasteiger partial charge in [0.1, 0.15) is 0 Å². The molecule has 118 valence electrons. The maximum atomic E-state index is 12.1. The Labute approximate surface area is 136 Å². The fourth-order valence-electron chi connectivity index (χ4n) is 2.91. The minimum absolute atomic E-state index is 0.222. The summed E-state index contributed by atoms with van der Waals surface area (Å²) >= 11 is 3.61. The van der Waals surface area contributed by atoms with Crippen molar-refractivity contribution in [1.29, 1.82) is 0 Å². The van der Waals surface area contributed by atoms with Crippen molar-refractivity contribution in [3.8, 4) is 0 Å². The van der Waals surface area contributed by atoms with Crippen molar-refractivity contribution in [1.82, 2.24) is 0 Å². The molecule has 1 saturated heterocycles. The summed E-state index contributed by atoms with van der Waals surface area (Å²) in [6.45, 7) is 2.95. The van der Waals surface area contributed by atoms with Gasteiger partial charge < -0.3 is 4.90 Å². The zero-order chi connectivity index (χ0) is 15.3. The number of sulfone groups is 1. The lowest BCUT2D eigenvalue weighted by atomic mass is 10.1. The average Bonchev–Trinajstić information content (AvgIpc) is 2.72. The highest BCUT2D eigenvalue weighted by molar-refractivity contribution is 9.09. The van der Waals surface area contributed by atoms with E-state index in [1.165, 1.54) is 25.7 Å². The van der Waals surface area contributed by atoms with Crippen LogP contribution in [-0.4, -0.2) is 32.1 Å². The van der Waals surface area contributed by atoms with Gasteiger partial charge in [0, 0.05) is 23.6 Å². The quantitative estimate of drug-likeness (QED) is 0.731. The van der Waals surface area contributed by atoms with Crippen molar-refractivity contribution in [2.75, 3.05) is 22.5 Å². The summed E-state index contributed by atoms with van der Waals surface area (Å²) < 4.78 is 24.1. The van der Waals surface area contributed by atoms with E-state index in [0.717, 1.165) is 17.6 Å². The van der Waals surface area contributed by atoms with Crippen molar-refractivity contribution >= 4 is 31.5 Å². The van der Waals surface area contributed by atoms with Gasteiger partial charge in [0.2, 0.25) is 0 Å². The molecule has 1 aromatic rings. The number of anilines is 1. The summed E-state index contributed by atoms with van der Waals surface area (Å²) in [4.78, 5) is 2.86. The van der Waals surface area contributed by atoms with Crippen LogP contribution in [0.25, 0.3) is 0 Å². The van der Waals surface area contributed by atoms with Crippen LogP contribution in [0.1, 0.15) is 39.0 Å². The van der Waals surface area contributed by atoms with Crippen molar-refractivity contribution < 1.29 is 8.42 Å². The Morgan fingerprint density at radius 2 is 1.90 bits per heavy atom. The van der Waals surface area contributed by atoms with Crippen LogP contribution in [0.2, 0.25) is 0 Å². The Balaban J connectivity index is 2.21. The van der Waals surface area contributed by atoms with Crippen LogP contribution in [0, 0.1) is 0 Å². The third kappa shape index (κ3) is 4.22. The monoisotopic (exact) mass is 373 g/mol. The first kappa shape index (κ1) is 16.8. The fourth-order valence-corrected chi connectivity index (χ4v) is 4.91. The molecular formula is C16H24BrNO2S. The lowest BCUT2D eigenvalue weighted by Gasteiger charge is -2.31. The number of alkyl halides is 1. The zero-order valence-electron chi connectivity index (χ0n) is 12.6. The second-order valence-electron chi connectivity index (χ2n) is 5.66. The summed E-state index contributed by atoms with van der Waals surface area (Å²) in [5.41, 5.74) is 1.14. The summed E-state index contributed by atoms with van der Waals surface area (Å²) in [6.07, 6.45) is 5.61. The first-order valence-corrected chi connectivity index (χ1v) is 10.5. The van der Waals surface area contributed by atoms with Gasteiger partial charge in [0.25, 0.3) is 0 Å². The molecule has 1 aliphatic heterocycles.